The number of pyridine rings is 1. The van der Waals surface area contributed by atoms with Crippen LogP contribution in [0.3, 0.4) is 0 Å². The molecule has 0 fully saturated rings. The van der Waals surface area contributed by atoms with Crippen LogP contribution in [0.2, 0.25) is 0 Å². The molecule has 1 rings (SSSR count). The molecule has 0 saturated carbocycles. The zero-order valence-electron chi connectivity index (χ0n) is 16.3. The van der Waals surface area contributed by atoms with Gasteiger partial charge in [0, 0.05) is 18.0 Å². The van der Waals surface area contributed by atoms with Gasteiger partial charge >= 0.3 is 5.97 Å². The highest BCUT2D eigenvalue weighted by molar-refractivity contribution is 6.37. The molecule has 0 amide bonds. The molecule has 0 aliphatic heterocycles. The van der Waals surface area contributed by atoms with Crippen molar-refractivity contribution < 1.29 is 24.9 Å². The molecule has 1 aromatic heterocycles. The highest BCUT2D eigenvalue weighted by atomic mass is 16.4. The molecule has 1 heterocycles. The summed E-state index contributed by atoms with van der Waals surface area (Å²) in [4.78, 5) is 39.8. The first kappa shape index (κ1) is 22.7. The van der Waals surface area contributed by atoms with Crippen molar-refractivity contribution in [2.45, 2.75) is 59.9 Å². The van der Waals surface area contributed by atoms with E-state index < -0.39 is 41.8 Å². The molecule has 150 valence electrons. The fraction of sp³-hybridized carbons (Fsp3) is 0.579. The second-order valence-electron chi connectivity index (χ2n) is 6.97. The molecule has 8 nitrogen and oxygen atoms in total. The van der Waals surface area contributed by atoms with Gasteiger partial charge < -0.3 is 19.9 Å². The second kappa shape index (κ2) is 9.57. The number of carbonyl (C=O) groups is 2. The molecule has 0 aliphatic carbocycles. The lowest BCUT2D eigenvalue weighted by Gasteiger charge is -2.27. The molecule has 3 N–H and O–H groups in total. The summed E-state index contributed by atoms with van der Waals surface area (Å²) in [5.74, 6) is -2.34. The molecule has 3 unspecified atom stereocenters. The van der Waals surface area contributed by atoms with Gasteiger partial charge in [-0.05, 0) is 25.2 Å². The lowest BCUT2D eigenvalue weighted by Crippen LogP contribution is -2.35. The Balaban J connectivity index is 3.72. The molecular formula is C19H28N2O6. The lowest BCUT2D eigenvalue weighted by atomic mass is 10.0. The van der Waals surface area contributed by atoms with Crippen LogP contribution in [-0.2, 0) is 11.4 Å². The van der Waals surface area contributed by atoms with Gasteiger partial charge in [0.05, 0.1) is 12.2 Å². The van der Waals surface area contributed by atoms with E-state index in [0.717, 1.165) is 6.07 Å². The summed E-state index contributed by atoms with van der Waals surface area (Å²) in [6, 6.07) is 1.15. The number of aliphatic hydroxyl groups is 2. The standard InChI is InChI=1S/C19H28N2O6/c1-6-11(4)18(20-16(19(26)27)17(25)10(2)3)21-8-14(12(5)23)15(24)7-13(21)9-22/h7-8,10-11,17-18,22,25H,6,9H2,1-5H3,(H,26,27). The first-order valence-electron chi connectivity index (χ1n) is 8.90. The predicted octanol–water partition coefficient (Wildman–Crippen LogP) is 1.63. The number of carboxylic acid groups (broad SMARTS) is 1. The average molecular weight is 380 g/mol. The van der Waals surface area contributed by atoms with E-state index in [1.54, 1.807) is 13.8 Å². The molecule has 0 spiro atoms. The monoisotopic (exact) mass is 380 g/mol. The normalized spacial score (nSPS) is 15.5. The number of rotatable bonds is 9. The van der Waals surface area contributed by atoms with Gasteiger partial charge in [0.2, 0.25) is 0 Å². The fourth-order valence-electron chi connectivity index (χ4n) is 2.62. The Morgan fingerprint density at radius 1 is 1.26 bits per heavy atom. The Kier molecular flexibility index (Phi) is 8.05. The summed E-state index contributed by atoms with van der Waals surface area (Å²) in [6.45, 7) is 7.85. The van der Waals surface area contributed by atoms with Crippen LogP contribution in [0.1, 0.15) is 63.3 Å². The van der Waals surface area contributed by atoms with Crippen molar-refractivity contribution >= 4 is 17.5 Å². The Morgan fingerprint density at radius 3 is 2.26 bits per heavy atom. The van der Waals surface area contributed by atoms with Crippen molar-refractivity contribution in [2.75, 3.05) is 0 Å². The Labute approximate surface area is 158 Å². The minimum Gasteiger partial charge on any atom is -0.477 e. The quantitative estimate of drug-likeness (QED) is 0.441. The third-order valence-electron chi connectivity index (χ3n) is 4.54. The van der Waals surface area contributed by atoms with E-state index in [-0.39, 0.29) is 23.1 Å². The maximum absolute atomic E-state index is 12.1. The van der Waals surface area contributed by atoms with E-state index >= 15 is 0 Å². The molecule has 1 aromatic rings. The summed E-state index contributed by atoms with van der Waals surface area (Å²) in [5.41, 5.74) is -0.780. The zero-order valence-corrected chi connectivity index (χ0v) is 16.3. The van der Waals surface area contributed by atoms with E-state index in [4.69, 9.17) is 0 Å². The van der Waals surface area contributed by atoms with Gasteiger partial charge in [-0.1, -0.05) is 27.7 Å². The number of nitrogens with zero attached hydrogens (tertiary/aromatic N) is 2. The van der Waals surface area contributed by atoms with Crippen LogP contribution >= 0.6 is 0 Å². The number of aromatic nitrogens is 1. The second-order valence-corrected chi connectivity index (χ2v) is 6.97. The summed E-state index contributed by atoms with van der Waals surface area (Å²) in [7, 11) is 0. The first-order valence-corrected chi connectivity index (χ1v) is 8.90. The summed E-state index contributed by atoms with van der Waals surface area (Å²) < 4.78 is 1.45. The Bertz CT molecular complexity index is 781. The largest absolute Gasteiger partial charge is 0.477 e. The topological polar surface area (TPSA) is 129 Å². The number of hydrogen-bond acceptors (Lipinski definition) is 6. The molecule has 0 aliphatic rings. The number of carbonyl (C=O) groups excluding carboxylic acids is 1. The van der Waals surface area contributed by atoms with Gasteiger partial charge in [0.25, 0.3) is 0 Å². The van der Waals surface area contributed by atoms with E-state index in [1.807, 2.05) is 13.8 Å². The van der Waals surface area contributed by atoms with Crippen molar-refractivity contribution in [1.82, 2.24) is 4.57 Å². The van der Waals surface area contributed by atoms with Crippen molar-refractivity contribution in [3.8, 4) is 0 Å². The van der Waals surface area contributed by atoms with Crippen molar-refractivity contribution in [3.05, 3.63) is 33.7 Å². The van der Waals surface area contributed by atoms with E-state index in [0.29, 0.717) is 6.42 Å². The Morgan fingerprint density at radius 2 is 1.85 bits per heavy atom. The van der Waals surface area contributed by atoms with E-state index in [1.165, 1.54) is 17.7 Å². The van der Waals surface area contributed by atoms with Crippen molar-refractivity contribution in [2.24, 2.45) is 16.8 Å². The highest BCUT2D eigenvalue weighted by Gasteiger charge is 2.28. The zero-order chi connectivity index (χ0) is 20.9. The number of aliphatic carboxylic acids is 1. The molecule has 0 bridgehead atoms. The fourth-order valence-corrected chi connectivity index (χ4v) is 2.62. The molecular weight excluding hydrogens is 352 g/mol. The van der Waals surface area contributed by atoms with E-state index in [9.17, 15) is 29.7 Å². The molecule has 0 radical (unpaired) electrons. The number of aliphatic imine (C=N–C) groups is 1. The van der Waals surface area contributed by atoms with Crippen LogP contribution in [0.5, 0.6) is 0 Å². The number of ketones is 1. The predicted molar refractivity (Wildman–Crippen MR) is 101 cm³/mol. The number of aliphatic hydroxyl groups excluding tert-OH is 2. The smallest absolute Gasteiger partial charge is 0.352 e. The third kappa shape index (κ3) is 5.33. The third-order valence-corrected chi connectivity index (χ3v) is 4.54. The van der Waals surface area contributed by atoms with E-state index in [2.05, 4.69) is 4.99 Å². The van der Waals surface area contributed by atoms with Crippen LogP contribution in [0.15, 0.2) is 22.1 Å². The highest BCUT2D eigenvalue weighted by Crippen LogP contribution is 2.26. The molecule has 3 atom stereocenters. The summed E-state index contributed by atoms with van der Waals surface area (Å²) in [6.07, 6.45) is -0.170. The van der Waals surface area contributed by atoms with Crippen molar-refractivity contribution in [3.63, 3.8) is 0 Å². The number of Topliss-reactive ketones (excluding diaryl/α,β-unsaturated/α-hetero) is 1. The Hall–Kier alpha value is -2.32. The van der Waals surface area contributed by atoms with Gasteiger partial charge in [0.1, 0.15) is 12.3 Å². The average Bonchev–Trinajstić information content (AvgIpc) is 2.60. The first-order chi connectivity index (χ1) is 12.5. The maximum atomic E-state index is 12.1. The van der Waals surface area contributed by atoms with Crippen molar-refractivity contribution in [1.29, 1.82) is 0 Å². The molecule has 8 heteroatoms. The van der Waals surface area contributed by atoms with Crippen LogP contribution < -0.4 is 5.43 Å². The number of carboxylic acids is 1. The van der Waals surface area contributed by atoms with Crippen LogP contribution in [0.4, 0.5) is 0 Å². The molecule has 0 saturated heterocycles. The minimum absolute atomic E-state index is 0.0722. The van der Waals surface area contributed by atoms with Crippen LogP contribution in [-0.4, -0.2) is 43.5 Å². The summed E-state index contributed by atoms with van der Waals surface area (Å²) >= 11 is 0. The SMILES string of the molecule is CCC(C)C(N=C(C(=O)O)C(O)C(C)C)n1cc(C(C)=O)c(=O)cc1CO. The molecule has 0 aromatic carbocycles. The van der Waals surface area contributed by atoms with Gasteiger partial charge in [-0.25, -0.2) is 4.79 Å². The maximum Gasteiger partial charge on any atom is 0.352 e. The van der Waals surface area contributed by atoms with Gasteiger partial charge in [-0.3, -0.25) is 14.6 Å². The minimum atomic E-state index is -1.34. The number of hydrogen-bond donors (Lipinski definition) is 3. The lowest BCUT2D eigenvalue weighted by molar-refractivity contribution is -0.130. The van der Waals surface area contributed by atoms with Crippen LogP contribution in [0, 0.1) is 11.8 Å². The van der Waals surface area contributed by atoms with Crippen LogP contribution in [0.25, 0.3) is 0 Å². The molecule has 27 heavy (non-hydrogen) atoms. The van der Waals surface area contributed by atoms with Gasteiger partial charge in [0.15, 0.2) is 16.9 Å². The van der Waals surface area contributed by atoms with Gasteiger partial charge in [-0.15, -0.1) is 0 Å². The summed E-state index contributed by atoms with van der Waals surface area (Å²) in [5, 5.41) is 29.4. The van der Waals surface area contributed by atoms with Gasteiger partial charge in [-0.2, -0.15) is 0 Å².